The van der Waals surface area contributed by atoms with Gasteiger partial charge in [-0.05, 0) is 24.6 Å². The fourth-order valence-electron chi connectivity index (χ4n) is 1.22. The second-order valence-corrected chi connectivity index (χ2v) is 4.08. The summed E-state index contributed by atoms with van der Waals surface area (Å²) in [7, 11) is 1.62. The molecular formula is C11H15BrN2O. The quantitative estimate of drug-likeness (QED) is 0.675. The first-order valence-electron chi connectivity index (χ1n) is 4.84. The number of hydrogen-bond acceptors (Lipinski definition) is 2. The number of methoxy groups -OCH3 is 1. The Morgan fingerprint density at radius 1 is 1.53 bits per heavy atom. The number of hydrogen-bond donors (Lipinski definition) is 1. The summed E-state index contributed by atoms with van der Waals surface area (Å²) in [6, 6.07) is 5.66. The first-order valence-corrected chi connectivity index (χ1v) is 5.63. The Morgan fingerprint density at radius 3 is 2.87 bits per heavy atom. The molecule has 0 aromatic heterocycles. The third kappa shape index (κ3) is 3.55. The molecule has 0 unspecified atom stereocenters. The lowest BCUT2D eigenvalue weighted by Gasteiger charge is -2.05. The molecule has 0 spiro atoms. The SMILES string of the molecule is CCCC(N)=Nc1cc(Br)ccc1OC. The van der Waals surface area contributed by atoms with Gasteiger partial charge in [0.25, 0.3) is 0 Å². The summed E-state index contributed by atoms with van der Waals surface area (Å²) in [5, 5.41) is 0. The van der Waals surface area contributed by atoms with E-state index in [2.05, 4.69) is 27.8 Å². The molecular weight excluding hydrogens is 256 g/mol. The Kier molecular flexibility index (Phi) is 4.62. The maximum Gasteiger partial charge on any atom is 0.144 e. The second kappa shape index (κ2) is 5.75. The highest BCUT2D eigenvalue weighted by Gasteiger charge is 2.02. The maximum atomic E-state index is 5.77. The molecule has 15 heavy (non-hydrogen) atoms. The summed E-state index contributed by atoms with van der Waals surface area (Å²) in [6.07, 6.45) is 1.79. The van der Waals surface area contributed by atoms with Gasteiger partial charge in [-0.3, -0.25) is 0 Å². The molecule has 2 N–H and O–H groups in total. The van der Waals surface area contributed by atoms with E-state index >= 15 is 0 Å². The van der Waals surface area contributed by atoms with E-state index in [0.717, 1.165) is 28.8 Å². The molecule has 82 valence electrons. The smallest absolute Gasteiger partial charge is 0.144 e. The van der Waals surface area contributed by atoms with Crippen LogP contribution < -0.4 is 10.5 Å². The van der Waals surface area contributed by atoms with Gasteiger partial charge in [-0.2, -0.15) is 0 Å². The highest BCUT2D eigenvalue weighted by molar-refractivity contribution is 9.10. The van der Waals surface area contributed by atoms with E-state index in [-0.39, 0.29) is 0 Å². The van der Waals surface area contributed by atoms with E-state index in [1.165, 1.54) is 0 Å². The van der Waals surface area contributed by atoms with Crippen molar-refractivity contribution < 1.29 is 4.74 Å². The molecule has 1 rings (SSSR count). The summed E-state index contributed by atoms with van der Waals surface area (Å²) < 4.78 is 6.16. The summed E-state index contributed by atoms with van der Waals surface area (Å²) in [5.74, 6) is 1.37. The van der Waals surface area contributed by atoms with Gasteiger partial charge in [0.1, 0.15) is 11.4 Å². The summed E-state index contributed by atoms with van der Waals surface area (Å²) in [6.45, 7) is 2.07. The fourth-order valence-corrected chi connectivity index (χ4v) is 1.57. The van der Waals surface area contributed by atoms with Crippen molar-refractivity contribution in [2.45, 2.75) is 19.8 Å². The Hall–Kier alpha value is -1.03. The Balaban J connectivity index is 3.01. The average Bonchev–Trinajstić information content (AvgIpc) is 2.18. The molecule has 0 aliphatic heterocycles. The number of nitrogens with zero attached hydrogens (tertiary/aromatic N) is 1. The number of ether oxygens (including phenoxy) is 1. The average molecular weight is 271 g/mol. The maximum absolute atomic E-state index is 5.77. The lowest BCUT2D eigenvalue weighted by atomic mass is 10.3. The molecule has 0 saturated carbocycles. The lowest BCUT2D eigenvalue weighted by molar-refractivity contribution is 0.416. The zero-order chi connectivity index (χ0) is 11.3. The van der Waals surface area contributed by atoms with Gasteiger partial charge in [0.15, 0.2) is 0 Å². The minimum absolute atomic E-state index is 0.633. The van der Waals surface area contributed by atoms with E-state index in [4.69, 9.17) is 10.5 Å². The van der Waals surface area contributed by atoms with Gasteiger partial charge in [-0.1, -0.05) is 22.9 Å². The number of amidine groups is 1. The van der Waals surface area contributed by atoms with Crippen molar-refractivity contribution in [3.8, 4) is 5.75 Å². The normalized spacial score (nSPS) is 11.5. The number of halogens is 1. The monoisotopic (exact) mass is 270 g/mol. The summed E-state index contributed by atoms with van der Waals surface area (Å²) in [4.78, 5) is 4.32. The molecule has 1 aromatic rings. The predicted molar refractivity (Wildman–Crippen MR) is 66.9 cm³/mol. The molecule has 3 nitrogen and oxygen atoms in total. The van der Waals surface area contributed by atoms with Crippen molar-refractivity contribution >= 4 is 27.5 Å². The first kappa shape index (κ1) is 12.0. The van der Waals surface area contributed by atoms with Crippen LogP contribution in [-0.2, 0) is 0 Å². The van der Waals surface area contributed by atoms with E-state index in [1.54, 1.807) is 7.11 Å². The third-order valence-corrected chi connectivity index (χ3v) is 2.40. The van der Waals surface area contributed by atoms with Gasteiger partial charge in [0.05, 0.1) is 12.9 Å². The topological polar surface area (TPSA) is 47.6 Å². The third-order valence-electron chi connectivity index (χ3n) is 1.91. The van der Waals surface area contributed by atoms with Gasteiger partial charge < -0.3 is 10.5 Å². The highest BCUT2D eigenvalue weighted by Crippen LogP contribution is 2.30. The van der Waals surface area contributed by atoms with Crippen LogP contribution >= 0.6 is 15.9 Å². The molecule has 0 fully saturated rings. The number of rotatable bonds is 4. The van der Waals surface area contributed by atoms with Crippen LogP contribution in [0.15, 0.2) is 27.7 Å². The molecule has 0 amide bonds. The van der Waals surface area contributed by atoms with Crippen LogP contribution in [0.5, 0.6) is 5.75 Å². The minimum atomic E-state index is 0.633. The van der Waals surface area contributed by atoms with E-state index in [0.29, 0.717) is 5.84 Å². The molecule has 4 heteroatoms. The number of aliphatic imine (C=N–C) groups is 1. The van der Waals surface area contributed by atoms with Crippen molar-refractivity contribution in [1.29, 1.82) is 0 Å². The molecule has 0 bridgehead atoms. The van der Waals surface area contributed by atoms with Crippen LogP contribution in [-0.4, -0.2) is 12.9 Å². The van der Waals surface area contributed by atoms with Crippen molar-refractivity contribution in [1.82, 2.24) is 0 Å². The largest absolute Gasteiger partial charge is 0.494 e. The van der Waals surface area contributed by atoms with Gasteiger partial charge in [0, 0.05) is 10.9 Å². The second-order valence-electron chi connectivity index (χ2n) is 3.17. The van der Waals surface area contributed by atoms with E-state index in [1.807, 2.05) is 18.2 Å². The fraction of sp³-hybridized carbons (Fsp3) is 0.364. The lowest BCUT2D eigenvalue weighted by Crippen LogP contribution is -2.10. The van der Waals surface area contributed by atoms with Crippen molar-refractivity contribution in [2.75, 3.05) is 7.11 Å². The molecule has 1 aromatic carbocycles. The van der Waals surface area contributed by atoms with E-state index < -0.39 is 0 Å². The standard InChI is InChI=1S/C11H15BrN2O/c1-3-4-11(13)14-9-7-8(12)5-6-10(9)15-2/h5-7H,3-4H2,1-2H3,(H2,13,14). The highest BCUT2D eigenvalue weighted by atomic mass is 79.9. The zero-order valence-electron chi connectivity index (χ0n) is 8.96. The minimum Gasteiger partial charge on any atom is -0.494 e. The Bertz CT molecular complexity index is 364. The molecule has 0 aliphatic carbocycles. The van der Waals surface area contributed by atoms with Crippen LogP contribution in [0, 0.1) is 0 Å². The van der Waals surface area contributed by atoms with Gasteiger partial charge in [0.2, 0.25) is 0 Å². The summed E-state index contributed by atoms with van der Waals surface area (Å²) >= 11 is 3.39. The first-order chi connectivity index (χ1) is 7.17. The molecule has 0 saturated heterocycles. The van der Waals surface area contributed by atoms with Crippen molar-refractivity contribution in [3.63, 3.8) is 0 Å². The molecule has 0 radical (unpaired) electrons. The van der Waals surface area contributed by atoms with Gasteiger partial charge in [-0.15, -0.1) is 0 Å². The zero-order valence-corrected chi connectivity index (χ0v) is 10.5. The predicted octanol–water partition coefficient (Wildman–Crippen LogP) is 3.25. The molecule has 0 heterocycles. The van der Waals surface area contributed by atoms with Crippen LogP contribution in [0.4, 0.5) is 5.69 Å². The van der Waals surface area contributed by atoms with Crippen LogP contribution in [0.3, 0.4) is 0 Å². The molecule has 0 atom stereocenters. The number of nitrogens with two attached hydrogens (primary N) is 1. The number of benzene rings is 1. The summed E-state index contributed by atoms with van der Waals surface area (Å²) in [5.41, 5.74) is 6.53. The Morgan fingerprint density at radius 2 is 2.27 bits per heavy atom. The van der Waals surface area contributed by atoms with Crippen molar-refractivity contribution in [3.05, 3.63) is 22.7 Å². The Labute approximate surface area is 98.5 Å². The molecule has 0 aliphatic rings. The van der Waals surface area contributed by atoms with Gasteiger partial charge in [-0.25, -0.2) is 4.99 Å². The van der Waals surface area contributed by atoms with Crippen LogP contribution in [0.25, 0.3) is 0 Å². The van der Waals surface area contributed by atoms with Gasteiger partial charge >= 0.3 is 0 Å². The van der Waals surface area contributed by atoms with Crippen LogP contribution in [0.1, 0.15) is 19.8 Å². The van der Waals surface area contributed by atoms with Crippen molar-refractivity contribution in [2.24, 2.45) is 10.7 Å². The van der Waals surface area contributed by atoms with Crippen LogP contribution in [0.2, 0.25) is 0 Å². The van der Waals surface area contributed by atoms with E-state index in [9.17, 15) is 0 Å².